The summed E-state index contributed by atoms with van der Waals surface area (Å²) in [6.07, 6.45) is 1.88. The number of aromatic amines is 1. The number of imide groups is 1. The minimum atomic E-state index is -0.673. The minimum absolute atomic E-state index is 0.142. The number of rotatable bonds is 8. The Kier molecular flexibility index (Phi) is 6.44. The first kappa shape index (κ1) is 23.1. The van der Waals surface area contributed by atoms with Crippen molar-refractivity contribution in [2.75, 3.05) is 4.90 Å². The highest BCUT2D eigenvalue weighted by molar-refractivity contribution is 6.20. The topological polar surface area (TPSA) is 136 Å². The van der Waals surface area contributed by atoms with E-state index < -0.39 is 17.2 Å². The van der Waals surface area contributed by atoms with Crippen molar-refractivity contribution in [2.45, 2.75) is 59.2 Å². The maximum Gasteiger partial charge on any atom is 0.338 e. The van der Waals surface area contributed by atoms with Gasteiger partial charge in [-0.15, -0.1) is 0 Å². The Hall–Kier alpha value is -4.02. The predicted octanol–water partition coefficient (Wildman–Crippen LogP) is 1.72. The largest absolute Gasteiger partial charge is 0.454 e. The van der Waals surface area contributed by atoms with E-state index in [4.69, 9.17) is 4.74 Å². The molecular weight excluding hydrogens is 442 g/mol. The lowest BCUT2D eigenvalue weighted by Gasteiger charge is -2.14. The Bertz CT molecular complexity index is 1380. The Morgan fingerprint density at radius 1 is 1.09 bits per heavy atom. The van der Waals surface area contributed by atoms with Gasteiger partial charge in [0.15, 0.2) is 11.2 Å². The van der Waals surface area contributed by atoms with E-state index in [1.807, 2.05) is 13.8 Å². The molecule has 1 aliphatic rings. The van der Waals surface area contributed by atoms with E-state index in [1.54, 1.807) is 16.7 Å². The third-order valence-electron chi connectivity index (χ3n) is 5.74. The zero-order valence-corrected chi connectivity index (χ0v) is 19.0. The lowest BCUT2D eigenvalue weighted by atomic mass is 10.2. The second-order valence-electron chi connectivity index (χ2n) is 7.96. The van der Waals surface area contributed by atoms with Crippen LogP contribution in [0.15, 0.2) is 33.9 Å². The predicted molar refractivity (Wildman–Crippen MR) is 122 cm³/mol. The van der Waals surface area contributed by atoms with Crippen LogP contribution < -0.4 is 16.1 Å². The number of nitrogens with zero attached hydrogens (tertiary/aromatic N) is 4. The molecule has 11 nitrogen and oxygen atoms in total. The molecule has 0 unspecified atom stereocenters. The first-order valence-corrected chi connectivity index (χ1v) is 11.2. The first-order valence-electron chi connectivity index (χ1n) is 11.2. The van der Waals surface area contributed by atoms with Crippen LogP contribution in [-0.2, 0) is 34.0 Å². The van der Waals surface area contributed by atoms with Gasteiger partial charge in [-0.2, -0.15) is 0 Å². The van der Waals surface area contributed by atoms with E-state index in [1.165, 1.54) is 16.7 Å². The van der Waals surface area contributed by atoms with Gasteiger partial charge in [0.25, 0.3) is 5.56 Å². The summed E-state index contributed by atoms with van der Waals surface area (Å²) in [4.78, 5) is 69.4. The van der Waals surface area contributed by atoms with Gasteiger partial charge in [0.1, 0.15) is 12.4 Å². The van der Waals surface area contributed by atoms with E-state index >= 15 is 0 Å². The number of benzene rings is 1. The summed E-state index contributed by atoms with van der Waals surface area (Å²) in [5.74, 6) is -0.973. The summed E-state index contributed by atoms with van der Waals surface area (Å²) in [7, 11) is 0. The molecule has 1 aromatic carbocycles. The van der Waals surface area contributed by atoms with Gasteiger partial charge in [0.2, 0.25) is 11.8 Å². The quantitative estimate of drug-likeness (QED) is 0.393. The molecular formula is C23H25N5O6. The molecule has 178 valence electrons. The number of aromatic nitrogens is 4. The van der Waals surface area contributed by atoms with Gasteiger partial charge < -0.3 is 9.30 Å². The van der Waals surface area contributed by atoms with E-state index in [0.29, 0.717) is 24.6 Å². The number of carbonyl (C=O) groups is 3. The number of ether oxygens (including phenoxy) is 1. The summed E-state index contributed by atoms with van der Waals surface area (Å²) in [5.41, 5.74) is -0.0954. The van der Waals surface area contributed by atoms with Gasteiger partial charge in [-0.05, 0) is 31.5 Å². The third-order valence-corrected chi connectivity index (χ3v) is 5.74. The molecule has 0 aliphatic carbocycles. The van der Waals surface area contributed by atoms with Crippen LogP contribution in [-0.4, -0.2) is 36.9 Å². The molecule has 3 heterocycles. The van der Waals surface area contributed by atoms with Crippen molar-refractivity contribution in [1.82, 2.24) is 19.1 Å². The highest BCUT2D eigenvalue weighted by atomic mass is 16.5. The second-order valence-corrected chi connectivity index (χ2v) is 7.96. The molecule has 1 aliphatic heterocycles. The average molecular weight is 467 g/mol. The van der Waals surface area contributed by atoms with Crippen molar-refractivity contribution in [2.24, 2.45) is 0 Å². The maximum atomic E-state index is 12.7. The van der Waals surface area contributed by atoms with Gasteiger partial charge in [-0.3, -0.25) is 28.8 Å². The Morgan fingerprint density at radius 3 is 2.50 bits per heavy atom. The standard InChI is InChI=1S/C23H25N5O6/c1-3-5-11-27-20-19(21(31)25-23(27)33)26(4-2)16(24-20)13-34-22(32)14-7-6-8-15(12-14)28-17(29)9-10-18(28)30/h6-8,12H,3-5,9-11,13H2,1-2H3,(H,25,31,33). The van der Waals surface area contributed by atoms with Crippen molar-refractivity contribution in [3.05, 3.63) is 56.5 Å². The van der Waals surface area contributed by atoms with Crippen LogP contribution in [0.4, 0.5) is 5.69 Å². The van der Waals surface area contributed by atoms with Crippen LogP contribution in [0.2, 0.25) is 0 Å². The number of amides is 2. The molecule has 0 saturated carbocycles. The highest BCUT2D eigenvalue weighted by Crippen LogP contribution is 2.24. The number of esters is 1. The summed E-state index contributed by atoms with van der Waals surface area (Å²) in [5, 5.41) is 0. The average Bonchev–Trinajstić information content (AvgIpc) is 3.36. The molecule has 0 spiro atoms. The van der Waals surface area contributed by atoms with Gasteiger partial charge >= 0.3 is 11.7 Å². The first-order chi connectivity index (χ1) is 16.3. The lowest BCUT2D eigenvalue weighted by Crippen LogP contribution is -2.31. The fourth-order valence-electron chi connectivity index (χ4n) is 4.04. The number of unbranched alkanes of at least 4 members (excludes halogenated alkanes) is 1. The molecule has 11 heteroatoms. The number of anilines is 1. The van der Waals surface area contributed by atoms with Gasteiger partial charge in [0.05, 0.1) is 11.3 Å². The molecule has 2 amide bonds. The Balaban J connectivity index is 1.61. The van der Waals surface area contributed by atoms with Crippen molar-refractivity contribution in [3.8, 4) is 0 Å². The summed E-state index contributed by atoms with van der Waals surface area (Å²) < 4.78 is 8.47. The van der Waals surface area contributed by atoms with Crippen LogP contribution in [0.25, 0.3) is 11.2 Å². The summed E-state index contributed by atoms with van der Waals surface area (Å²) in [6, 6.07) is 6.10. The van der Waals surface area contributed by atoms with E-state index in [2.05, 4.69) is 9.97 Å². The number of carbonyl (C=O) groups excluding carboxylic acids is 3. The van der Waals surface area contributed by atoms with Crippen LogP contribution in [0.1, 0.15) is 55.7 Å². The zero-order chi connectivity index (χ0) is 24.4. The Morgan fingerprint density at radius 2 is 1.82 bits per heavy atom. The fourth-order valence-corrected chi connectivity index (χ4v) is 4.04. The van der Waals surface area contributed by atoms with E-state index in [-0.39, 0.29) is 48.0 Å². The van der Waals surface area contributed by atoms with E-state index in [0.717, 1.165) is 17.7 Å². The third kappa shape index (κ3) is 4.16. The molecule has 2 aromatic heterocycles. The molecule has 34 heavy (non-hydrogen) atoms. The maximum absolute atomic E-state index is 12.7. The molecule has 3 aromatic rings. The van der Waals surface area contributed by atoms with Gasteiger partial charge in [-0.25, -0.2) is 14.6 Å². The smallest absolute Gasteiger partial charge is 0.338 e. The Labute approximate surface area is 194 Å². The van der Waals surface area contributed by atoms with Crippen molar-refractivity contribution in [3.63, 3.8) is 0 Å². The molecule has 0 radical (unpaired) electrons. The molecule has 0 bridgehead atoms. The number of H-pyrrole nitrogens is 1. The van der Waals surface area contributed by atoms with E-state index in [9.17, 15) is 24.0 Å². The number of nitrogens with one attached hydrogen (secondary N) is 1. The number of hydrogen-bond donors (Lipinski definition) is 1. The van der Waals surface area contributed by atoms with Gasteiger partial charge in [-0.1, -0.05) is 19.4 Å². The number of imidazole rings is 1. The second kappa shape index (κ2) is 9.46. The van der Waals surface area contributed by atoms with Crippen molar-refractivity contribution < 1.29 is 19.1 Å². The molecule has 1 saturated heterocycles. The highest BCUT2D eigenvalue weighted by Gasteiger charge is 2.30. The summed E-state index contributed by atoms with van der Waals surface area (Å²) in [6.45, 7) is 4.37. The number of fused-ring (bicyclic) bond motifs is 1. The number of hydrogen-bond acceptors (Lipinski definition) is 7. The fraction of sp³-hybridized carbons (Fsp3) is 0.391. The van der Waals surface area contributed by atoms with Gasteiger partial charge in [0, 0.05) is 25.9 Å². The number of aryl methyl sites for hydroxylation is 2. The molecule has 0 atom stereocenters. The lowest BCUT2D eigenvalue weighted by molar-refractivity contribution is -0.121. The normalized spacial score (nSPS) is 13.8. The monoisotopic (exact) mass is 467 g/mol. The zero-order valence-electron chi connectivity index (χ0n) is 19.0. The summed E-state index contributed by atoms with van der Waals surface area (Å²) >= 11 is 0. The molecule has 1 fully saturated rings. The van der Waals surface area contributed by atoms with Crippen LogP contribution >= 0.6 is 0 Å². The van der Waals surface area contributed by atoms with Crippen molar-refractivity contribution in [1.29, 1.82) is 0 Å². The van der Waals surface area contributed by atoms with Crippen LogP contribution in [0.3, 0.4) is 0 Å². The van der Waals surface area contributed by atoms with Crippen molar-refractivity contribution >= 4 is 34.6 Å². The minimum Gasteiger partial charge on any atom is -0.454 e. The SMILES string of the molecule is CCCCn1c(=O)[nH]c(=O)c2c1nc(COC(=O)c1cccc(N3C(=O)CCC3=O)c1)n2CC. The molecule has 1 N–H and O–H groups in total. The van der Waals surface area contributed by atoms with Crippen LogP contribution in [0.5, 0.6) is 0 Å². The molecule has 4 rings (SSSR count). The van der Waals surface area contributed by atoms with Crippen LogP contribution in [0, 0.1) is 0 Å².